The molecule has 0 saturated carbocycles. The molecule has 0 aliphatic carbocycles. The highest BCUT2D eigenvalue weighted by molar-refractivity contribution is 8.00. The zero-order chi connectivity index (χ0) is 19.3. The average Bonchev–Trinajstić information content (AvgIpc) is 2.56. The van der Waals surface area contributed by atoms with Crippen LogP contribution in [0.15, 0.2) is 41.3 Å². The highest BCUT2D eigenvalue weighted by Crippen LogP contribution is 2.28. The number of carbonyl (C=O) groups is 2. The third-order valence-corrected chi connectivity index (χ3v) is 4.64. The lowest BCUT2D eigenvalue weighted by Gasteiger charge is -2.09. The molecule has 0 unspecified atom stereocenters. The molecule has 26 heavy (non-hydrogen) atoms. The van der Waals surface area contributed by atoms with Crippen molar-refractivity contribution >= 4 is 40.6 Å². The Kier molecular flexibility index (Phi) is 6.35. The Hall–Kier alpha value is -2.87. The van der Waals surface area contributed by atoms with Crippen molar-refractivity contribution in [2.75, 3.05) is 16.4 Å². The maximum Gasteiger partial charge on any atom is 0.293 e. The first-order valence-corrected chi connectivity index (χ1v) is 8.81. The van der Waals surface area contributed by atoms with Crippen molar-refractivity contribution in [2.45, 2.75) is 25.7 Å². The second kappa shape index (κ2) is 8.48. The molecule has 136 valence electrons. The number of aryl methyl sites for hydroxylation is 2. The van der Waals surface area contributed by atoms with E-state index in [2.05, 4.69) is 10.6 Å². The Bertz CT molecular complexity index is 850. The van der Waals surface area contributed by atoms with Gasteiger partial charge in [0.2, 0.25) is 11.8 Å². The van der Waals surface area contributed by atoms with Crippen molar-refractivity contribution in [1.29, 1.82) is 0 Å². The maximum atomic E-state index is 12.2. The van der Waals surface area contributed by atoms with Crippen molar-refractivity contribution in [3.63, 3.8) is 0 Å². The summed E-state index contributed by atoms with van der Waals surface area (Å²) in [5.41, 5.74) is 2.42. The Morgan fingerprint density at radius 1 is 1.08 bits per heavy atom. The maximum absolute atomic E-state index is 12.2. The zero-order valence-electron chi connectivity index (χ0n) is 14.7. The van der Waals surface area contributed by atoms with Crippen molar-refractivity contribution in [1.82, 2.24) is 0 Å². The van der Waals surface area contributed by atoms with Gasteiger partial charge in [0.15, 0.2) is 0 Å². The Morgan fingerprint density at radius 3 is 2.27 bits per heavy atom. The van der Waals surface area contributed by atoms with E-state index in [-0.39, 0.29) is 28.9 Å². The summed E-state index contributed by atoms with van der Waals surface area (Å²) in [4.78, 5) is 34.7. The third kappa shape index (κ3) is 5.32. The Labute approximate surface area is 155 Å². The number of nitrogens with one attached hydrogen (secondary N) is 2. The first-order valence-electron chi connectivity index (χ1n) is 7.82. The van der Waals surface area contributed by atoms with Gasteiger partial charge in [-0.2, -0.15) is 0 Å². The summed E-state index contributed by atoms with van der Waals surface area (Å²) < 4.78 is 0. The van der Waals surface area contributed by atoms with Crippen LogP contribution in [0.25, 0.3) is 0 Å². The largest absolute Gasteiger partial charge is 0.326 e. The normalized spacial score (nSPS) is 10.3. The molecule has 0 spiro atoms. The standard InChI is InChI=1S/C18H19N3O4S/c1-11-8-16(17(21(24)25)9-12(11)2)20-18(23)10-26-15-6-4-14(5-7-15)19-13(3)22/h4-9H,10H2,1-3H3,(H,19,22)(H,20,23). The fourth-order valence-electron chi connectivity index (χ4n) is 2.23. The van der Waals surface area contributed by atoms with Crippen LogP contribution in [0.4, 0.5) is 17.1 Å². The van der Waals surface area contributed by atoms with Crippen molar-refractivity contribution < 1.29 is 14.5 Å². The van der Waals surface area contributed by atoms with Gasteiger partial charge in [-0.3, -0.25) is 19.7 Å². The fraction of sp³-hybridized carbons (Fsp3) is 0.222. The molecule has 8 heteroatoms. The number of benzene rings is 2. The predicted molar refractivity (Wildman–Crippen MR) is 103 cm³/mol. The molecule has 2 aromatic carbocycles. The van der Waals surface area contributed by atoms with Gasteiger partial charge in [0.1, 0.15) is 5.69 Å². The van der Waals surface area contributed by atoms with Gasteiger partial charge >= 0.3 is 0 Å². The molecule has 0 aliphatic heterocycles. The van der Waals surface area contributed by atoms with Gasteiger partial charge in [-0.1, -0.05) is 0 Å². The summed E-state index contributed by atoms with van der Waals surface area (Å²) in [5, 5.41) is 16.4. The summed E-state index contributed by atoms with van der Waals surface area (Å²) in [6.07, 6.45) is 0. The second-order valence-corrected chi connectivity index (χ2v) is 6.80. The molecule has 7 nitrogen and oxygen atoms in total. The summed E-state index contributed by atoms with van der Waals surface area (Å²) in [5.74, 6) is -0.365. The lowest BCUT2D eigenvalue weighted by atomic mass is 10.1. The van der Waals surface area contributed by atoms with Crippen LogP contribution in [0.5, 0.6) is 0 Å². The smallest absolute Gasteiger partial charge is 0.293 e. The minimum atomic E-state index is -0.504. The molecular formula is C18H19N3O4S. The first kappa shape index (κ1) is 19.5. The van der Waals surface area contributed by atoms with E-state index in [9.17, 15) is 19.7 Å². The van der Waals surface area contributed by atoms with Crippen LogP contribution in [0.3, 0.4) is 0 Å². The lowest BCUT2D eigenvalue weighted by Crippen LogP contribution is -2.15. The van der Waals surface area contributed by atoms with Gasteiger partial charge in [-0.25, -0.2) is 0 Å². The van der Waals surface area contributed by atoms with Crippen LogP contribution in [0.2, 0.25) is 0 Å². The molecule has 0 fully saturated rings. The topological polar surface area (TPSA) is 101 Å². The molecule has 2 N–H and O–H groups in total. The Morgan fingerprint density at radius 2 is 1.69 bits per heavy atom. The summed E-state index contributed by atoms with van der Waals surface area (Å²) in [6.45, 7) is 5.05. The lowest BCUT2D eigenvalue weighted by molar-refractivity contribution is -0.384. The molecule has 0 saturated heterocycles. The molecule has 0 bridgehead atoms. The zero-order valence-corrected chi connectivity index (χ0v) is 15.5. The number of nitro benzene ring substituents is 1. The van der Waals surface area contributed by atoms with E-state index >= 15 is 0 Å². The number of hydrogen-bond acceptors (Lipinski definition) is 5. The molecule has 2 aromatic rings. The van der Waals surface area contributed by atoms with Crippen LogP contribution in [-0.4, -0.2) is 22.5 Å². The van der Waals surface area contributed by atoms with Crippen molar-refractivity contribution in [2.24, 2.45) is 0 Å². The van der Waals surface area contributed by atoms with E-state index in [1.165, 1.54) is 24.8 Å². The van der Waals surface area contributed by atoms with E-state index in [1.54, 1.807) is 37.3 Å². The predicted octanol–water partition coefficient (Wildman–Crippen LogP) is 3.90. The number of nitrogens with zero attached hydrogens (tertiary/aromatic N) is 1. The highest BCUT2D eigenvalue weighted by Gasteiger charge is 2.17. The van der Waals surface area contributed by atoms with Crippen LogP contribution in [0.1, 0.15) is 18.1 Å². The molecule has 0 heterocycles. The average molecular weight is 373 g/mol. The number of anilines is 2. The third-order valence-electron chi connectivity index (χ3n) is 3.63. The molecule has 0 radical (unpaired) electrons. The fourth-order valence-corrected chi connectivity index (χ4v) is 2.92. The molecule has 0 aromatic heterocycles. The van der Waals surface area contributed by atoms with E-state index in [0.29, 0.717) is 5.69 Å². The van der Waals surface area contributed by atoms with Gasteiger partial charge in [0.25, 0.3) is 5.69 Å². The monoisotopic (exact) mass is 373 g/mol. The van der Waals surface area contributed by atoms with Gasteiger partial charge < -0.3 is 10.6 Å². The van der Waals surface area contributed by atoms with Gasteiger partial charge in [0.05, 0.1) is 10.7 Å². The number of hydrogen-bond donors (Lipinski definition) is 2. The van der Waals surface area contributed by atoms with E-state index in [4.69, 9.17) is 0 Å². The first-order chi connectivity index (χ1) is 12.3. The number of thioether (sulfide) groups is 1. The number of amides is 2. The van der Waals surface area contributed by atoms with Crippen molar-refractivity contribution in [3.05, 3.63) is 57.6 Å². The van der Waals surface area contributed by atoms with E-state index in [1.807, 2.05) is 6.92 Å². The Balaban J connectivity index is 2.00. The molecular weight excluding hydrogens is 354 g/mol. The van der Waals surface area contributed by atoms with E-state index in [0.717, 1.165) is 16.0 Å². The summed E-state index contributed by atoms with van der Waals surface area (Å²) >= 11 is 1.30. The van der Waals surface area contributed by atoms with Crippen LogP contribution < -0.4 is 10.6 Å². The van der Waals surface area contributed by atoms with Crippen molar-refractivity contribution in [3.8, 4) is 0 Å². The van der Waals surface area contributed by atoms with Crippen LogP contribution in [0, 0.1) is 24.0 Å². The second-order valence-electron chi connectivity index (χ2n) is 5.75. The minimum Gasteiger partial charge on any atom is -0.326 e. The van der Waals surface area contributed by atoms with Crippen LogP contribution >= 0.6 is 11.8 Å². The van der Waals surface area contributed by atoms with E-state index < -0.39 is 4.92 Å². The van der Waals surface area contributed by atoms with Crippen LogP contribution in [-0.2, 0) is 9.59 Å². The summed E-state index contributed by atoms with van der Waals surface area (Å²) in [7, 11) is 0. The number of nitro groups is 1. The van der Waals surface area contributed by atoms with Gasteiger partial charge in [0, 0.05) is 23.6 Å². The van der Waals surface area contributed by atoms with Gasteiger partial charge in [-0.05, 0) is 55.3 Å². The SMILES string of the molecule is CC(=O)Nc1ccc(SCC(=O)Nc2cc(C)c(C)cc2[N+](=O)[O-])cc1. The minimum absolute atomic E-state index is 0.115. The molecule has 2 rings (SSSR count). The molecule has 0 aliphatic rings. The number of carbonyl (C=O) groups excluding carboxylic acids is 2. The highest BCUT2D eigenvalue weighted by atomic mass is 32.2. The summed E-state index contributed by atoms with van der Waals surface area (Å²) in [6, 6.07) is 10.1. The quantitative estimate of drug-likeness (QED) is 0.454. The number of rotatable bonds is 6. The molecule has 2 amide bonds. The molecule has 0 atom stereocenters. The van der Waals surface area contributed by atoms with Gasteiger partial charge in [-0.15, -0.1) is 11.8 Å².